The molecule has 1 fully saturated rings. The highest BCUT2D eigenvalue weighted by molar-refractivity contribution is 8.14. The molecule has 0 spiro atoms. The molecule has 0 aliphatic carbocycles. The van der Waals surface area contributed by atoms with Gasteiger partial charge in [0.15, 0.2) is 5.12 Å². The van der Waals surface area contributed by atoms with Crippen LogP contribution in [0.15, 0.2) is 43.0 Å². The quantitative estimate of drug-likeness (QED) is 0.538. The van der Waals surface area contributed by atoms with Crippen molar-refractivity contribution in [2.24, 2.45) is 0 Å². The molecule has 2 aromatic rings. The normalized spacial score (nSPS) is 18.8. The first-order valence-corrected chi connectivity index (χ1v) is 9.60. The molecule has 0 unspecified atom stereocenters. The van der Waals surface area contributed by atoms with Crippen LogP contribution in [0.5, 0.6) is 0 Å². The minimum Gasteiger partial charge on any atom is -0.445 e. The molecule has 0 N–H and O–H groups in total. The van der Waals surface area contributed by atoms with Crippen molar-refractivity contribution in [2.45, 2.75) is 37.8 Å². The molecular formula is C18H20N4O5S. The maximum atomic E-state index is 12.6. The molecule has 1 amide bonds. The van der Waals surface area contributed by atoms with Gasteiger partial charge in [-0.3, -0.25) is 14.9 Å². The SMILES string of the molecule is CC(=O)S[C@H]1C[C@@H](Cn2ccnc2)N(C(=O)OCc2ccc([N+](=O)[O-])cc2)C1. The molecule has 3 rings (SSSR count). The summed E-state index contributed by atoms with van der Waals surface area (Å²) in [5.41, 5.74) is 0.651. The Hall–Kier alpha value is -2.88. The highest BCUT2D eigenvalue weighted by atomic mass is 32.2. The average molecular weight is 404 g/mol. The lowest BCUT2D eigenvalue weighted by atomic mass is 10.2. The number of nitrogens with zero attached hydrogens (tertiary/aromatic N) is 4. The zero-order valence-electron chi connectivity index (χ0n) is 15.3. The van der Waals surface area contributed by atoms with E-state index in [1.54, 1.807) is 29.6 Å². The van der Waals surface area contributed by atoms with Crippen LogP contribution >= 0.6 is 11.8 Å². The average Bonchev–Trinajstić information content (AvgIpc) is 3.30. The predicted octanol–water partition coefficient (Wildman–Crippen LogP) is 2.85. The van der Waals surface area contributed by atoms with E-state index < -0.39 is 11.0 Å². The summed E-state index contributed by atoms with van der Waals surface area (Å²) >= 11 is 1.24. The molecule has 1 aromatic heterocycles. The molecule has 2 atom stereocenters. The topological polar surface area (TPSA) is 108 Å². The van der Waals surface area contributed by atoms with E-state index in [1.807, 2.05) is 10.8 Å². The molecular weight excluding hydrogens is 384 g/mol. The first-order valence-electron chi connectivity index (χ1n) is 8.72. The third-order valence-electron chi connectivity index (χ3n) is 4.43. The molecule has 10 heteroatoms. The van der Waals surface area contributed by atoms with Gasteiger partial charge in [0.2, 0.25) is 0 Å². The lowest BCUT2D eigenvalue weighted by Crippen LogP contribution is -2.38. The predicted molar refractivity (Wildman–Crippen MR) is 103 cm³/mol. The van der Waals surface area contributed by atoms with E-state index in [9.17, 15) is 19.7 Å². The van der Waals surface area contributed by atoms with E-state index in [-0.39, 0.29) is 28.7 Å². The Morgan fingerprint density at radius 1 is 1.36 bits per heavy atom. The number of non-ortho nitro benzene ring substituents is 1. The van der Waals surface area contributed by atoms with Crippen LogP contribution in [-0.4, -0.2) is 48.4 Å². The van der Waals surface area contributed by atoms with Crippen molar-refractivity contribution in [1.82, 2.24) is 14.5 Å². The van der Waals surface area contributed by atoms with E-state index in [0.717, 1.165) is 0 Å². The number of thioether (sulfide) groups is 1. The molecule has 148 valence electrons. The van der Waals surface area contributed by atoms with E-state index in [4.69, 9.17) is 4.74 Å². The van der Waals surface area contributed by atoms with Gasteiger partial charge in [0.1, 0.15) is 6.61 Å². The zero-order valence-corrected chi connectivity index (χ0v) is 16.1. The molecule has 0 saturated carbocycles. The third-order valence-corrected chi connectivity index (χ3v) is 5.44. The number of benzene rings is 1. The van der Waals surface area contributed by atoms with Crippen LogP contribution in [0.1, 0.15) is 18.9 Å². The standard InChI is InChI=1S/C18H20N4O5S/c1-13(23)28-17-8-16(9-20-7-6-19-12-20)21(10-17)18(24)27-11-14-2-4-15(5-3-14)22(25)26/h2-7,12,16-17H,8-11H2,1H3/t16-,17-/m0/s1. The van der Waals surface area contributed by atoms with Gasteiger partial charge in [-0.25, -0.2) is 9.78 Å². The number of carbonyl (C=O) groups excluding carboxylic acids is 2. The number of hydrogen-bond donors (Lipinski definition) is 0. The summed E-state index contributed by atoms with van der Waals surface area (Å²) in [5.74, 6) is 0. The monoisotopic (exact) mass is 404 g/mol. The number of aromatic nitrogens is 2. The van der Waals surface area contributed by atoms with Crippen molar-refractivity contribution in [3.05, 3.63) is 58.7 Å². The Bertz CT molecular complexity index is 840. The Labute approximate surface area is 165 Å². The molecule has 1 saturated heterocycles. The molecule has 0 radical (unpaired) electrons. The third kappa shape index (κ3) is 5.10. The van der Waals surface area contributed by atoms with Crippen LogP contribution in [0.25, 0.3) is 0 Å². The lowest BCUT2D eigenvalue weighted by Gasteiger charge is -2.24. The van der Waals surface area contributed by atoms with Gasteiger partial charge in [0, 0.05) is 49.8 Å². The van der Waals surface area contributed by atoms with E-state index >= 15 is 0 Å². The molecule has 1 aliphatic rings. The maximum absolute atomic E-state index is 12.6. The fourth-order valence-corrected chi connectivity index (χ4v) is 4.19. The summed E-state index contributed by atoms with van der Waals surface area (Å²) < 4.78 is 7.30. The van der Waals surface area contributed by atoms with E-state index in [1.165, 1.54) is 30.8 Å². The number of nitro benzene ring substituents is 1. The second-order valence-corrected chi connectivity index (χ2v) is 7.99. The summed E-state index contributed by atoms with van der Waals surface area (Å²) in [6.45, 7) is 2.55. The summed E-state index contributed by atoms with van der Waals surface area (Å²) in [6, 6.07) is 5.77. The van der Waals surface area contributed by atoms with Crippen molar-refractivity contribution >= 4 is 28.7 Å². The van der Waals surface area contributed by atoms with Crippen molar-refractivity contribution < 1.29 is 19.2 Å². The van der Waals surface area contributed by atoms with Crippen molar-refractivity contribution in [3.8, 4) is 0 Å². The molecule has 2 heterocycles. The smallest absolute Gasteiger partial charge is 0.410 e. The number of amides is 1. The largest absolute Gasteiger partial charge is 0.445 e. The number of imidazole rings is 1. The zero-order chi connectivity index (χ0) is 20.1. The second-order valence-electron chi connectivity index (χ2n) is 6.51. The summed E-state index contributed by atoms with van der Waals surface area (Å²) in [4.78, 5) is 40.0. The number of carbonyl (C=O) groups is 2. The van der Waals surface area contributed by atoms with Crippen LogP contribution < -0.4 is 0 Å². The van der Waals surface area contributed by atoms with Crippen LogP contribution in [-0.2, 0) is 22.7 Å². The minimum absolute atomic E-state index is 0.0147. The lowest BCUT2D eigenvalue weighted by molar-refractivity contribution is -0.384. The van der Waals surface area contributed by atoms with Gasteiger partial charge in [0.25, 0.3) is 5.69 Å². The van der Waals surface area contributed by atoms with Crippen molar-refractivity contribution in [2.75, 3.05) is 6.54 Å². The minimum atomic E-state index is -0.479. The van der Waals surface area contributed by atoms with E-state index in [2.05, 4.69) is 4.98 Å². The number of ether oxygens (including phenoxy) is 1. The fourth-order valence-electron chi connectivity index (χ4n) is 3.17. The molecule has 28 heavy (non-hydrogen) atoms. The van der Waals surface area contributed by atoms with Crippen LogP contribution in [0.2, 0.25) is 0 Å². The Morgan fingerprint density at radius 2 is 2.11 bits per heavy atom. The van der Waals surface area contributed by atoms with Crippen LogP contribution in [0, 0.1) is 10.1 Å². The first kappa shape index (κ1) is 19.9. The van der Waals surface area contributed by atoms with E-state index in [0.29, 0.717) is 25.1 Å². The molecule has 9 nitrogen and oxygen atoms in total. The van der Waals surface area contributed by atoms with Gasteiger partial charge in [-0.1, -0.05) is 11.8 Å². The Kier molecular flexibility index (Phi) is 6.30. The summed E-state index contributed by atoms with van der Waals surface area (Å²) in [6.07, 6.45) is 5.41. The number of likely N-dealkylation sites (tertiary alicyclic amines) is 1. The van der Waals surface area contributed by atoms with Gasteiger partial charge in [-0.15, -0.1) is 0 Å². The Balaban J connectivity index is 1.62. The highest BCUT2D eigenvalue weighted by Gasteiger charge is 2.37. The highest BCUT2D eigenvalue weighted by Crippen LogP contribution is 2.29. The molecule has 1 aliphatic heterocycles. The van der Waals surface area contributed by atoms with Crippen LogP contribution in [0.4, 0.5) is 10.5 Å². The number of rotatable bonds is 6. The fraction of sp³-hybridized carbons (Fsp3) is 0.389. The van der Waals surface area contributed by atoms with Gasteiger partial charge in [-0.2, -0.15) is 0 Å². The molecule has 1 aromatic carbocycles. The van der Waals surface area contributed by atoms with Crippen molar-refractivity contribution in [3.63, 3.8) is 0 Å². The second kappa shape index (κ2) is 8.87. The molecule has 0 bridgehead atoms. The summed E-state index contributed by atoms with van der Waals surface area (Å²) in [7, 11) is 0. The van der Waals surface area contributed by atoms with Gasteiger partial charge in [-0.05, 0) is 24.1 Å². The van der Waals surface area contributed by atoms with Gasteiger partial charge < -0.3 is 14.2 Å². The van der Waals surface area contributed by atoms with Crippen LogP contribution in [0.3, 0.4) is 0 Å². The van der Waals surface area contributed by atoms with Gasteiger partial charge >= 0.3 is 6.09 Å². The maximum Gasteiger partial charge on any atom is 0.410 e. The van der Waals surface area contributed by atoms with Crippen molar-refractivity contribution in [1.29, 1.82) is 0 Å². The van der Waals surface area contributed by atoms with Gasteiger partial charge in [0.05, 0.1) is 17.3 Å². The summed E-state index contributed by atoms with van der Waals surface area (Å²) in [5, 5.41) is 10.8. The first-order chi connectivity index (χ1) is 13.4. The number of nitro groups is 1. The number of hydrogen-bond acceptors (Lipinski definition) is 7. The Morgan fingerprint density at radius 3 is 2.71 bits per heavy atom.